The molecule has 4 heteroatoms. The van der Waals surface area contributed by atoms with Crippen molar-refractivity contribution in [3.8, 4) is 0 Å². The fourth-order valence-corrected chi connectivity index (χ4v) is 3.72. The Morgan fingerprint density at radius 1 is 1.43 bits per heavy atom. The summed E-state index contributed by atoms with van der Waals surface area (Å²) in [6.07, 6.45) is 2.62. The maximum Gasteiger partial charge on any atom is 0.307 e. The SMILES string of the molecule is COC(C)(C)CC(C)NC1CCC(C(=O)O)C(C)(C)C1C. The first-order chi connectivity index (χ1) is 9.51. The van der Waals surface area contributed by atoms with Gasteiger partial charge in [-0.25, -0.2) is 0 Å². The summed E-state index contributed by atoms with van der Waals surface area (Å²) in [6.45, 7) is 12.7. The Morgan fingerprint density at radius 3 is 2.48 bits per heavy atom. The first kappa shape index (κ1) is 18.4. The predicted molar refractivity (Wildman–Crippen MR) is 85.4 cm³/mol. The smallest absolute Gasteiger partial charge is 0.307 e. The van der Waals surface area contributed by atoms with E-state index in [4.69, 9.17) is 4.74 Å². The van der Waals surface area contributed by atoms with Crippen LogP contribution in [-0.4, -0.2) is 35.9 Å². The van der Waals surface area contributed by atoms with Crippen LogP contribution in [0.1, 0.15) is 60.8 Å². The number of aliphatic carboxylic acids is 1. The lowest BCUT2D eigenvalue weighted by molar-refractivity contribution is -0.150. The van der Waals surface area contributed by atoms with Gasteiger partial charge in [0, 0.05) is 19.2 Å². The molecule has 21 heavy (non-hydrogen) atoms. The fourth-order valence-electron chi connectivity index (χ4n) is 3.72. The van der Waals surface area contributed by atoms with Crippen molar-refractivity contribution in [3.05, 3.63) is 0 Å². The summed E-state index contributed by atoms with van der Waals surface area (Å²) in [5, 5.41) is 13.1. The third kappa shape index (κ3) is 4.43. The standard InChI is InChI=1S/C17H33NO3/c1-11(10-16(3,4)21-7)18-14-9-8-13(15(19)20)17(5,6)12(14)2/h11-14,18H,8-10H2,1-7H3,(H,19,20). The van der Waals surface area contributed by atoms with Crippen molar-refractivity contribution in [2.24, 2.45) is 17.3 Å². The fraction of sp³-hybridized carbons (Fsp3) is 0.941. The zero-order chi connectivity index (χ0) is 16.4. The van der Waals surface area contributed by atoms with Gasteiger partial charge in [0.05, 0.1) is 11.5 Å². The van der Waals surface area contributed by atoms with Crippen LogP contribution >= 0.6 is 0 Å². The van der Waals surface area contributed by atoms with Gasteiger partial charge in [-0.05, 0) is 51.4 Å². The molecule has 0 aromatic heterocycles. The molecular weight excluding hydrogens is 266 g/mol. The van der Waals surface area contributed by atoms with Crippen LogP contribution in [0.3, 0.4) is 0 Å². The minimum atomic E-state index is -0.654. The van der Waals surface area contributed by atoms with Crippen molar-refractivity contribution in [3.63, 3.8) is 0 Å². The molecule has 2 N–H and O–H groups in total. The van der Waals surface area contributed by atoms with Crippen LogP contribution in [0.15, 0.2) is 0 Å². The van der Waals surface area contributed by atoms with E-state index in [2.05, 4.69) is 46.9 Å². The van der Waals surface area contributed by atoms with Crippen LogP contribution in [0.4, 0.5) is 0 Å². The molecule has 1 fully saturated rings. The highest BCUT2D eigenvalue weighted by Crippen LogP contribution is 2.45. The Morgan fingerprint density at radius 2 is 2.00 bits per heavy atom. The van der Waals surface area contributed by atoms with E-state index in [-0.39, 0.29) is 16.9 Å². The second-order valence-electron chi connectivity index (χ2n) is 7.92. The summed E-state index contributed by atoms with van der Waals surface area (Å²) in [7, 11) is 1.75. The molecule has 0 radical (unpaired) electrons. The number of carboxylic acid groups (broad SMARTS) is 1. The van der Waals surface area contributed by atoms with Gasteiger partial charge in [0.1, 0.15) is 0 Å². The summed E-state index contributed by atoms with van der Waals surface area (Å²) in [5.74, 6) is -0.560. The molecule has 0 aromatic carbocycles. The van der Waals surface area contributed by atoms with Gasteiger partial charge in [-0.15, -0.1) is 0 Å². The monoisotopic (exact) mass is 299 g/mol. The van der Waals surface area contributed by atoms with Gasteiger partial charge in [0.2, 0.25) is 0 Å². The average molecular weight is 299 g/mol. The number of carbonyl (C=O) groups is 1. The topological polar surface area (TPSA) is 58.6 Å². The zero-order valence-corrected chi connectivity index (χ0v) is 14.7. The van der Waals surface area contributed by atoms with E-state index in [0.717, 1.165) is 19.3 Å². The summed E-state index contributed by atoms with van der Waals surface area (Å²) in [6, 6.07) is 0.725. The Bertz CT molecular complexity index is 365. The molecule has 124 valence electrons. The van der Waals surface area contributed by atoms with E-state index in [1.54, 1.807) is 7.11 Å². The maximum absolute atomic E-state index is 11.4. The van der Waals surface area contributed by atoms with Gasteiger partial charge in [-0.2, -0.15) is 0 Å². The minimum Gasteiger partial charge on any atom is -0.481 e. The lowest BCUT2D eigenvalue weighted by Gasteiger charge is -2.47. The van der Waals surface area contributed by atoms with Gasteiger partial charge < -0.3 is 15.2 Å². The molecule has 0 aliphatic heterocycles. The van der Waals surface area contributed by atoms with Gasteiger partial charge >= 0.3 is 5.97 Å². The first-order valence-corrected chi connectivity index (χ1v) is 8.05. The molecule has 4 unspecified atom stereocenters. The summed E-state index contributed by atoms with van der Waals surface area (Å²) < 4.78 is 5.50. The second-order valence-corrected chi connectivity index (χ2v) is 7.92. The van der Waals surface area contributed by atoms with Gasteiger partial charge in [0.25, 0.3) is 0 Å². The number of ether oxygens (including phenoxy) is 1. The highest BCUT2D eigenvalue weighted by atomic mass is 16.5. The maximum atomic E-state index is 11.4. The van der Waals surface area contributed by atoms with E-state index < -0.39 is 5.97 Å². The van der Waals surface area contributed by atoms with Crippen LogP contribution in [0, 0.1) is 17.3 Å². The minimum absolute atomic E-state index is 0.135. The summed E-state index contributed by atoms with van der Waals surface area (Å²) in [4.78, 5) is 11.4. The second kappa shape index (κ2) is 6.66. The molecule has 1 aliphatic rings. The van der Waals surface area contributed by atoms with Gasteiger partial charge in [-0.3, -0.25) is 4.79 Å². The first-order valence-electron chi connectivity index (χ1n) is 8.05. The number of nitrogens with one attached hydrogen (secondary N) is 1. The van der Waals surface area contributed by atoms with E-state index >= 15 is 0 Å². The van der Waals surface area contributed by atoms with E-state index in [9.17, 15) is 9.90 Å². The highest BCUT2D eigenvalue weighted by molar-refractivity contribution is 5.71. The molecular formula is C17H33NO3. The molecule has 0 spiro atoms. The Hall–Kier alpha value is -0.610. The predicted octanol–water partition coefficient (Wildman–Crippen LogP) is 3.31. The van der Waals surface area contributed by atoms with Crippen molar-refractivity contribution in [2.75, 3.05) is 7.11 Å². The van der Waals surface area contributed by atoms with E-state index in [1.165, 1.54) is 0 Å². The summed E-state index contributed by atoms with van der Waals surface area (Å²) >= 11 is 0. The molecule has 0 saturated heterocycles. The molecule has 1 aliphatic carbocycles. The van der Waals surface area contributed by atoms with Crippen molar-refractivity contribution in [1.82, 2.24) is 5.32 Å². The largest absolute Gasteiger partial charge is 0.481 e. The third-order valence-corrected chi connectivity index (χ3v) is 5.59. The molecule has 4 nitrogen and oxygen atoms in total. The molecule has 1 saturated carbocycles. The van der Waals surface area contributed by atoms with E-state index in [0.29, 0.717) is 18.0 Å². The Labute approximate surface area is 129 Å². The van der Waals surface area contributed by atoms with Gasteiger partial charge in [-0.1, -0.05) is 20.8 Å². The van der Waals surface area contributed by atoms with Crippen LogP contribution in [-0.2, 0) is 9.53 Å². The highest BCUT2D eigenvalue weighted by Gasteiger charge is 2.46. The van der Waals surface area contributed by atoms with Crippen LogP contribution in [0.2, 0.25) is 0 Å². The van der Waals surface area contributed by atoms with Crippen LogP contribution in [0.5, 0.6) is 0 Å². The van der Waals surface area contributed by atoms with Gasteiger partial charge in [0.15, 0.2) is 0 Å². The lowest BCUT2D eigenvalue weighted by Crippen LogP contribution is -2.53. The number of carboxylic acids is 1. The van der Waals surface area contributed by atoms with Crippen molar-refractivity contribution < 1.29 is 14.6 Å². The van der Waals surface area contributed by atoms with Crippen LogP contribution < -0.4 is 5.32 Å². The number of hydrogen-bond acceptors (Lipinski definition) is 3. The lowest BCUT2D eigenvalue weighted by atomic mass is 9.61. The number of rotatable bonds is 6. The number of hydrogen-bond donors (Lipinski definition) is 2. The molecule has 0 heterocycles. The normalized spacial score (nSPS) is 30.9. The zero-order valence-electron chi connectivity index (χ0n) is 14.7. The van der Waals surface area contributed by atoms with Crippen molar-refractivity contribution >= 4 is 5.97 Å². The Balaban J connectivity index is 2.68. The average Bonchev–Trinajstić information content (AvgIpc) is 2.34. The molecule has 0 amide bonds. The molecule has 4 atom stereocenters. The summed E-state index contributed by atoms with van der Waals surface area (Å²) in [5.41, 5.74) is -0.318. The number of methoxy groups -OCH3 is 1. The Kier molecular flexibility index (Phi) is 5.84. The van der Waals surface area contributed by atoms with E-state index in [1.807, 2.05) is 0 Å². The molecule has 0 bridgehead atoms. The van der Waals surface area contributed by atoms with Crippen LogP contribution in [0.25, 0.3) is 0 Å². The quantitative estimate of drug-likeness (QED) is 0.790. The molecule has 0 aromatic rings. The third-order valence-electron chi connectivity index (χ3n) is 5.59. The molecule has 1 rings (SSSR count). The van der Waals surface area contributed by atoms with Crippen molar-refractivity contribution in [1.29, 1.82) is 0 Å². The van der Waals surface area contributed by atoms with Crippen molar-refractivity contribution in [2.45, 2.75) is 78.5 Å².